The van der Waals surface area contributed by atoms with E-state index in [9.17, 15) is 12.8 Å². The second-order valence-corrected chi connectivity index (χ2v) is 8.49. The van der Waals surface area contributed by atoms with Gasteiger partial charge < -0.3 is 14.4 Å². The Balaban J connectivity index is 2.00. The number of sulfonamides is 1. The predicted molar refractivity (Wildman–Crippen MR) is 102 cm³/mol. The van der Waals surface area contributed by atoms with Crippen LogP contribution < -0.4 is 14.2 Å². The molecule has 0 unspecified atom stereocenters. The van der Waals surface area contributed by atoms with Gasteiger partial charge in [0.05, 0.1) is 17.8 Å². The van der Waals surface area contributed by atoms with Gasteiger partial charge in [-0.25, -0.2) is 12.8 Å². The number of rotatable bonds is 5. The first-order chi connectivity index (χ1) is 12.7. The van der Waals surface area contributed by atoms with Crippen LogP contribution in [0.1, 0.15) is 5.56 Å². The molecule has 0 spiro atoms. The Bertz CT molecular complexity index is 966. The van der Waals surface area contributed by atoms with Crippen LogP contribution in [0.5, 0.6) is 11.5 Å². The number of halogens is 2. The van der Waals surface area contributed by atoms with Crippen molar-refractivity contribution in [2.75, 3.05) is 32.5 Å². The molecule has 0 fully saturated rings. The highest BCUT2D eigenvalue weighted by Crippen LogP contribution is 2.41. The van der Waals surface area contributed by atoms with Crippen molar-refractivity contribution in [3.63, 3.8) is 0 Å². The molecule has 0 aliphatic carbocycles. The first kappa shape index (κ1) is 19.7. The van der Waals surface area contributed by atoms with Crippen LogP contribution in [0.25, 0.3) is 0 Å². The summed E-state index contributed by atoms with van der Waals surface area (Å²) in [6, 6.07) is 6.52. The molecule has 0 amide bonds. The summed E-state index contributed by atoms with van der Waals surface area (Å²) >= 11 is 5.91. The summed E-state index contributed by atoms with van der Waals surface area (Å²) in [6.07, 6.45) is 0.651. The fourth-order valence-corrected chi connectivity index (χ4v) is 4.53. The van der Waals surface area contributed by atoms with E-state index in [1.807, 2.05) is 19.0 Å². The van der Waals surface area contributed by atoms with E-state index >= 15 is 0 Å². The molecule has 27 heavy (non-hydrogen) atoms. The molecule has 0 aromatic heterocycles. The molecule has 1 atom stereocenters. The minimum absolute atomic E-state index is 0.143. The number of ether oxygens (including phenoxy) is 2. The van der Waals surface area contributed by atoms with Crippen LogP contribution >= 0.6 is 11.6 Å². The lowest BCUT2D eigenvalue weighted by Crippen LogP contribution is -2.38. The Morgan fingerprint density at radius 1 is 1.30 bits per heavy atom. The average Bonchev–Trinajstić information content (AvgIpc) is 2.60. The number of benzene rings is 2. The Kier molecular flexibility index (Phi) is 5.50. The van der Waals surface area contributed by atoms with Gasteiger partial charge in [-0.1, -0.05) is 11.6 Å². The minimum atomic E-state index is -4.02. The Morgan fingerprint density at radius 2 is 2.04 bits per heavy atom. The average molecular weight is 415 g/mol. The molecule has 1 N–H and O–H groups in total. The fourth-order valence-electron chi connectivity index (χ4n) is 2.94. The number of anilines is 1. The maximum atomic E-state index is 13.2. The number of hydrogen-bond donors (Lipinski definition) is 1. The van der Waals surface area contributed by atoms with Crippen LogP contribution in [0.15, 0.2) is 35.2 Å². The van der Waals surface area contributed by atoms with Gasteiger partial charge in [-0.15, -0.1) is 0 Å². The molecule has 6 nitrogen and oxygen atoms in total. The monoisotopic (exact) mass is 414 g/mol. The highest BCUT2D eigenvalue weighted by Gasteiger charge is 2.29. The molecule has 1 heterocycles. The molecular weight excluding hydrogens is 395 g/mol. The third-order valence-corrected chi connectivity index (χ3v) is 6.30. The van der Waals surface area contributed by atoms with Crippen LogP contribution in [0.2, 0.25) is 5.02 Å². The van der Waals surface area contributed by atoms with E-state index in [4.69, 9.17) is 21.1 Å². The van der Waals surface area contributed by atoms with Crippen LogP contribution in [-0.4, -0.2) is 47.2 Å². The molecule has 1 aliphatic heterocycles. The standard InChI is InChI=1S/C18H20ClFN2O4S/c1-22(2)12-9-13-16(25-3)6-5-15(18(13)26-10-12)21-27(23,24)17-7-4-11(20)8-14(17)19/h4-8,12,21H,9-10H2,1-3H3/t12-/m1/s1. The second kappa shape index (κ2) is 7.53. The number of likely N-dealkylation sites (N-methyl/N-ethyl adjacent to an activating group) is 1. The van der Waals surface area contributed by atoms with E-state index in [0.29, 0.717) is 24.5 Å². The van der Waals surface area contributed by atoms with Crippen LogP contribution in [0, 0.1) is 5.82 Å². The minimum Gasteiger partial charge on any atom is -0.496 e. The third-order valence-electron chi connectivity index (χ3n) is 4.46. The van der Waals surface area contributed by atoms with E-state index in [1.54, 1.807) is 19.2 Å². The van der Waals surface area contributed by atoms with Crippen molar-refractivity contribution in [2.24, 2.45) is 0 Å². The van der Waals surface area contributed by atoms with Crippen LogP contribution in [0.4, 0.5) is 10.1 Å². The Morgan fingerprint density at radius 3 is 2.67 bits per heavy atom. The maximum Gasteiger partial charge on any atom is 0.263 e. The van der Waals surface area contributed by atoms with Crippen molar-refractivity contribution in [1.29, 1.82) is 0 Å². The summed E-state index contributed by atoms with van der Waals surface area (Å²) in [5.74, 6) is 0.437. The topological polar surface area (TPSA) is 67.9 Å². The number of methoxy groups -OCH3 is 1. The number of hydrogen-bond acceptors (Lipinski definition) is 5. The summed E-state index contributed by atoms with van der Waals surface area (Å²) < 4.78 is 52.5. The lowest BCUT2D eigenvalue weighted by Gasteiger charge is -2.32. The van der Waals surface area contributed by atoms with Crippen molar-refractivity contribution in [3.05, 3.63) is 46.7 Å². The lowest BCUT2D eigenvalue weighted by molar-refractivity contribution is 0.164. The zero-order chi connectivity index (χ0) is 19.8. The van der Waals surface area contributed by atoms with Gasteiger partial charge in [0.1, 0.15) is 28.8 Å². The number of fused-ring (bicyclic) bond motifs is 1. The van der Waals surface area contributed by atoms with Gasteiger partial charge in [0, 0.05) is 11.6 Å². The largest absolute Gasteiger partial charge is 0.496 e. The summed E-state index contributed by atoms with van der Waals surface area (Å²) in [6.45, 7) is 0.416. The van der Waals surface area contributed by atoms with Crippen molar-refractivity contribution in [1.82, 2.24) is 4.90 Å². The zero-order valence-electron chi connectivity index (χ0n) is 15.1. The molecule has 2 aromatic rings. The number of nitrogens with one attached hydrogen (secondary N) is 1. The van der Waals surface area contributed by atoms with Crippen molar-refractivity contribution >= 4 is 27.3 Å². The van der Waals surface area contributed by atoms with Gasteiger partial charge in [0.25, 0.3) is 10.0 Å². The lowest BCUT2D eigenvalue weighted by atomic mass is 10.00. The van der Waals surface area contributed by atoms with E-state index in [0.717, 1.165) is 23.8 Å². The maximum absolute atomic E-state index is 13.2. The highest BCUT2D eigenvalue weighted by molar-refractivity contribution is 7.92. The molecule has 146 valence electrons. The van der Waals surface area contributed by atoms with Gasteiger partial charge in [0.15, 0.2) is 0 Å². The van der Waals surface area contributed by atoms with Gasteiger partial charge in [-0.05, 0) is 50.8 Å². The SMILES string of the molecule is COc1ccc(NS(=O)(=O)c2ccc(F)cc2Cl)c2c1C[C@@H](N(C)C)CO2. The second-order valence-electron chi connectivity index (χ2n) is 6.44. The van der Waals surface area contributed by atoms with Crippen LogP contribution in [-0.2, 0) is 16.4 Å². The van der Waals surface area contributed by atoms with E-state index in [1.165, 1.54) is 0 Å². The molecule has 2 aromatic carbocycles. The predicted octanol–water partition coefficient (Wildman–Crippen LogP) is 3.15. The van der Waals surface area contributed by atoms with Crippen LogP contribution in [0.3, 0.4) is 0 Å². The summed E-state index contributed by atoms with van der Waals surface area (Å²) in [4.78, 5) is 1.83. The molecule has 1 aliphatic rings. The Labute approximate surface area is 162 Å². The molecule has 9 heteroatoms. The van der Waals surface area contributed by atoms with Gasteiger partial charge >= 0.3 is 0 Å². The molecule has 3 rings (SSSR count). The number of nitrogens with zero attached hydrogens (tertiary/aromatic N) is 1. The van der Waals surface area contributed by atoms with E-state index in [2.05, 4.69) is 4.72 Å². The smallest absolute Gasteiger partial charge is 0.263 e. The first-order valence-corrected chi connectivity index (χ1v) is 10.1. The molecular formula is C18H20ClFN2O4S. The van der Waals surface area contributed by atoms with E-state index in [-0.39, 0.29) is 21.6 Å². The molecule has 0 radical (unpaired) electrons. The van der Waals surface area contributed by atoms with Gasteiger partial charge in [0.2, 0.25) is 0 Å². The quantitative estimate of drug-likeness (QED) is 0.814. The Hall–Kier alpha value is -2.03. The van der Waals surface area contributed by atoms with Gasteiger partial charge in [-0.3, -0.25) is 4.72 Å². The molecule has 0 bridgehead atoms. The third kappa shape index (κ3) is 3.97. The summed E-state index contributed by atoms with van der Waals surface area (Å²) in [5.41, 5.74) is 1.07. The van der Waals surface area contributed by atoms with Crippen molar-refractivity contribution in [2.45, 2.75) is 17.4 Å². The van der Waals surface area contributed by atoms with Crippen molar-refractivity contribution in [3.8, 4) is 11.5 Å². The first-order valence-electron chi connectivity index (χ1n) is 8.20. The van der Waals surface area contributed by atoms with Gasteiger partial charge in [-0.2, -0.15) is 0 Å². The molecule has 0 saturated heterocycles. The highest BCUT2D eigenvalue weighted by atomic mass is 35.5. The summed E-state index contributed by atoms with van der Waals surface area (Å²) in [5, 5.41) is -0.196. The zero-order valence-corrected chi connectivity index (χ0v) is 16.7. The normalized spacial score (nSPS) is 16.6. The fraction of sp³-hybridized carbons (Fsp3) is 0.333. The van der Waals surface area contributed by atoms with Crippen molar-refractivity contribution < 1.29 is 22.3 Å². The molecule has 0 saturated carbocycles. The summed E-state index contributed by atoms with van der Waals surface area (Å²) in [7, 11) is 1.44. The van der Waals surface area contributed by atoms with E-state index < -0.39 is 15.8 Å².